The van der Waals surface area contributed by atoms with E-state index in [1.807, 2.05) is 0 Å². The predicted octanol–water partition coefficient (Wildman–Crippen LogP) is -5.86. The molecular formula is Cr4O14Zn2. The van der Waals surface area contributed by atoms with Crippen molar-refractivity contribution >= 4 is 0 Å². The Morgan fingerprint density at radius 3 is 0.550 bits per heavy atom. The molecule has 0 aromatic carbocycles. The van der Waals surface area contributed by atoms with Crippen LogP contribution in [-0.4, -0.2) is 0 Å². The molecule has 0 amide bonds. The molecule has 0 saturated carbocycles. The minimum atomic E-state index is -6.07. The Bertz CT molecular complexity index is 535. The van der Waals surface area contributed by atoms with E-state index in [0.717, 1.165) is 0 Å². The largest absolute Gasteiger partial charge is 2.00 e. The van der Waals surface area contributed by atoms with Gasteiger partial charge in [-0.2, -0.15) is 0 Å². The molecule has 0 heterocycles. The molecule has 0 rings (SSSR count). The molecule has 112 valence electrons. The number of hydrogen-bond acceptors (Lipinski definition) is 14. The van der Waals surface area contributed by atoms with Crippen molar-refractivity contribution in [1.29, 1.82) is 0 Å². The Morgan fingerprint density at radius 1 is 0.450 bits per heavy atom. The van der Waals surface area contributed by atoms with Crippen molar-refractivity contribution in [3.05, 3.63) is 0 Å². The Kier molecular flexibility index (Phi) is 15.3. The van der Waals surface area contributed by atoms with Gasteiger partial charge in [-0.25, -0.2) is 0 Å². The van der Waals surface area contributed by atoms with E-state index in [9.17, 15) is 47.1 Å². The standard InChI is InChI=1S/4Cr.14O.2Zn/q;;;;;;;;;;;;;;4*-1;2*+2. The van der Waals surface area contributed by atoms with Gasteiger partial charge < -0.3 is 0 Å². The van der Waals surface area contributed by atoms with E-state index in [1.54, 1.807) is 0 Å². The summed E-state index contributed by atoms with van der Waals surface area (Å²) in [4.78, 5) is 0. The first-order valence-electron chi connectivity index (χ1n) is 2.67. The second-order valence-corrected chi connectivity index (χ2v) is 9.05. The maximum absolute atomic E-state index is 9.38. The average molecular weight is 563 g/mol. The molecule has 0 atom stereocenters. The van der Waals surface area contributed by atoms with Crippen LogP contribution in [0.15, 0.2) is 0 Å². The van der Waals surface area contributed by atoms with Gasteiger partial charge in [0.1, 0.15) is 0 Å². The van der Waals surface area contributed by atoms with Gasteiger partial charge in [0.05, 0.1) is 0 Å². The topological polar surface area (TPSA) is 247 Å². The Balaban J connectivity index is -0.000000116. The quantitative estimate of drug-likeness (QED) is 0.289. The molecule has 0 fully saturated rings. The van der Waals surface area contributed by atoms with Crippen LogP contribution in [-0.2, 0) is 130 Å². The molecule has 0 N–H and O–H groups in total. The summed E-state index contributed by atoms with van der Waals surface area (Å²) in [5, 5.41) is 0. The van der Waals surface area contributed by atoms with E-state index in [4.69, 9.17) is 0 Å². The van der Waals surface area contributed by atoms with E-state index in [-0.39, 0.29) is 39.0 Å². The smallest absolute Gasteiger partial charge is 2.00 e. The molecule has 0 spiro atoms. The molecule has 14 nitrogen and oxygen atoms in total. The van der Waals surface area contributed by atoms with Crippen molar-refractivity contribution in [2.45, 2.75) is 0 Å². The zero-order valence-electron chi connectivity index (χ0n) is 8.76. The summed E-state index contributed by atoms with van der Waals surface area (Å²) < 4.78 is 118. The van der Waals surface area contributed by atoms with Gasteiger partial charge in [0.2, 0.25) is 0 Å². The van der Waals surface area contributed by atoms with Crippen LogP contribution in [0.2, 0.25) is 0 Å². The Morgan fingerprint density at radius 2 is 0.550 bits per heavy atom. The Labute approximate surface area is 144 Å². The van der Waals surface area contributed by atoms with Crippen LogP contribution < -0.4 is 16.6 Å². The molecular weight excluding hydrogens is 563 g/mol. The minimum absolute atomic E-state index is 0. The maximum Gasteiger partial charge on any atom is 2.00 e. The van der Waals surface area contributed by atoms with Gasteiger partial charge in [0.25, 0.3) is 0 Å². The van der Waals surface area contributed by atoms with Crippen LogP contribution in [0.4, 0.5) is 0 Å². The van der Waals surface area contributed by atoms with Gasteiger partial charge in [-0.1, -0.05) is 0 Å². The molecule has 20 heteroatoms. The maximum atomic E-state index is 9.38. The molecule has 0 aliphatic carbocycles. The summed E-state index contributed by atoms with van der Waals surface area (Å²) in [5.74, 6) is 0. The fourth-order valence-electron chi connectivity index (χ4n) is 0.204. The molecule has 20 heavy (non-hydrogen) atoms. The van der Waals surface area contributed by atoms with Gasteiger partial charge >= 0.3 is 146 Å². The number of hydrogen-bond donors (Lipinski definition) is 0. The zero-order valence-corrected chi connectivity index (χ0v) is 19.8. The van der Waals surface area contributed by atoms with Crippen molar-refractivity contribution in [2.24, 2.45) is 0 Å². The van der Waals surface area contributed by atoms with Crippen molar-refractivity contribution in [2.75, 3.05) is 0 Å². The van der Waals surface area contributed by atoms with Gasteiger partial charge in [-0.3, -0.25) is 0 Å². The molecule has 0 unspecified atom stereocenters. The molecule has 0 saturated heterocycles. The van der Waals surface area contributed by atoms with Crippen LogP contribution >= 0.6 is 0 Å². The van der Waals surface area contributed by atoms with Gasteiger partial charge in [-0.05, 0) is 0 Å². The minimum Gasteiger partial charge on any atom is 2.00 e. The molecule has 0 radical (unpaired) electrons. The summed E-state index contributed by atoms with van der Waals surface area (Å²) in [6.07, 6.45) is 0. The summed E-state index contributed by atoms with van der Waals surface area (Å²) >= 11 is -24.3. The average Bonchev–Trinajstić information content (AvgIpc) is 1.64. The molecule has 0 aromatic rings. The third-order valence-corrected chi connectivity index (χ3v) is 5.67. The van der Waals surface area contributed by atoms with Gasteiger partial charge in [-0.15, -0.1) is 0 Å². The normalized spacial score (nSPS) is 12.2. The first kappa shape index (κ1) is 29.5. The van der Waals surface area contributed by atoms with Crippen LogP contribution in [0.1, 0.15) is 0 Å². The van der Waals surface area contributed by atoms with E-state index in [2.05, 4.69) is 5.68 Å². The van der Waals surface area contributed by atoms with Crippen molar-refractivity contribution < 1.29 is 146 Å². The Hall–Kier alpha value is 1.54. The van der Waals surface area contributed by atoms with Crippen LogP contribution in [0, 0.1) is 0 Å². The SMILES string of the molecule is [O]=[Cr](=[O])([O-])[O][Cr](=[O])(=[O])[O-].[O]=[Cr](=[O])([O-])[O][Cr](=[O])(=[O])[O-].[Zn+2].[Zn+2]. The molecule has 0 aliphatic heterocycles. The van der Waals surface area contributed by atoms with Crippen LogP contribution in [0.25, 0.3) is 0 Å². The van der Waals surface area contributed by atoms with Gasteiger partial charge in [0, 0.05) is 0 Å². The zero-order chi connectivity index (χ0) is 15.4. The summed E-state index contributed by atoms with van der Waals surface area (Å²) in [7, 11) is 0. The van der Waals surface area contributed by atoms with Gasteiger partial charge in [0.15, 0.2) is 0 Å². The molecule has 0 aliphatic rings. The second kappa shape index (κ2) is 10.3. The van der Waals surface area contributed by atoms with E-state index in [0.29, 0.717) is 0 Å². The molecule has 0 bridgehead atoms. The van der Waals surface area contributed by atoms with E-state index < -0.39 is 54.5 Å². The van der Waals surface area contributed by atoms with Crippen LogP contribution in [0.3, 0.4) is 0 Å². The van der Waals surface area contributed by atoms with Crippen LogP contribution in [0.5, 0.6) is 0 Å². The molecule has 0 aromatic heterocycles. The summed E-state index contributed by atoms with van der Waals surface area (Å²) in [6.45, 7) is 0. The second-order valence-electron chi connectivity index (χ2n) is 1.77. The predicted molar refractivity (Wildman–Crippen MR) is 7.66 cm³/mol. The van der Waals surface area contributed by atoms with E-state index in [1.165, 1.54) is 0 Å². The number of rotatable bonds is 4. The summed E-state index contributed by atoms with van der Waals surface area (Å²) in [6, 6.07) is 0. The summed E-state index contributed by atoms with van der Waals surface area (Å²) in [5.41, 5.74) is 0. The first-order chi connectivity index (χ1) is 7.41. The van der Waals surface area contributed by atoms with Crippen molar-refractivity contribution in [1.82, 2.24) is 0 Å². The first-order valence-corrected chi connectivity index (χ1v) is 11.0. The van der Waals surface area contributed by atoms with Crippen molar-refractivity contribution in [3.63, 3.8) is 0 Å². The van der Waals surface area contributed by atoms with E-state index >= 15 is 0 Å². The fraction of sp³-hybridized carbons (Fsp3) is 0. The third-order valence-electron chi connectivity index (χ3n) is 0.333. The van der Waals surface area contributed by atoms with Crippen molar-refractivity contribution in [3.8, 4) is 0 Å². The fourth-order valence-corrected chi connectivity index (χ4v) is 3.47. The third kappa shape index (κ3) is 36.6. The monoisotopic (exact) mass is 560 g/mol.